The van der Waals surface area contributed by atoms with Crippen molar-refractivity contribution in [2.24, 2.45) is 11.8 Å². The number of carbonyl (C=O) groups excluding carboxylic acids is 2. The maximum atomic E-state index is 13.2. The van der Waals surface area contributed by atoms with Gasteiger partial charge in [0.1, 0.15) is 0 Å². The van der Waals surface area contributed by atoms with Crippen molar-refractivity contribution in [3.63, 3.8) is 0 Å². The second-order valence-electron chi connectivity index (χ2n) is 8.04. The lowest BCUT2D eigenvalue weighted by Crippen LogP contribution is -2.53. The molecule has 1 N–H and O–H groups in total. The van der Waals surface area contributed by atoms with Crippen LogP contribution in [0, 0.1) is 11.8 Å². The van der Waals surface area contributed by atoms with Crippen molar-refractivity contribution in [3.05, 3.63) is 41.7 Å². The molecule has 28 heavy (non-hydrogen) atoms. The second kappa shape index (κ2) is 7.24. The van der Waals surface area contributed by atoms with E-state index in [1.54, 1.807) is 7.11 Å². The summed E-state index contributed by atoms with van der Waals surface area (Å²) < 4.78 is 10.3. The normalized spacial score (nSPS) is 32.0. The summed E-state index contributed by atoms with van der Waals surface area (Å²) in [5.74, 6) is 0.0769. The zero-order chi connectivity index (χ0) is 19.9. The number of anilines is 1. The molecule has 1 amide bonds. The van der Waals surface area contributed by atoms with Gasteiger partial charge in [0.2, 0.25) is 5.91 Å². The van der Waals surface area contributed by atoms with Gasteiger partial charge in [-0.25, -0.2) is 4.79 Å². The molecule has 0 bridgehead atoms. The van der Waals surface area contributed by atoms with Gasteiger partial charge in [0, 0.05) is 18.3 Å². The Morgan fingerprint density at radius 2 is 2.14 bits per heavy atom. The van der Waals surface area contributed by atoms with Crippen LogP contribution in [0.3, 0.4) is 0 Å². The van der Waals surface area contributed by atoms with Crippen molar-refractivity contribution >= 4 is 17.6 Å². The largest absolute Gasteiger partial charge is 0.504 e. The summed E-state index contributed by atoms with van der Waals surface area (Å²) in [5.41, 5.74) is 2.05. The minimum atomic E-state index is -0.540. The molecule has 4 rings (SSSR count). The number of rotatable bonds is 4. The smallest absolute Gasteiger partial charge is 0.337 e. The number of esters is 1. The van der Waals surface area contributed by atoms with Crippen LogP contribution in [0.2, 0.25) is 0 Å². The molecule has 2 fully saturated rings. The highest BCUT2D eigenvalue weighted by atomic mass is 16.5. The van der Waals surface area contributed by atoms with Crippen LogP contribution < -0.4 is 5.32 Å². The van der Waals surface area contributed by atoms with E-state index in [9.17, 15) is 9.59 Å². The molecule has 1 aromatic rings. The van der Waals surface area contributed by atoms with Crippen LogP contribution in [0.15, 0.2) is 36.1 Å². The molecule has 3 heterocycles. The molecule has 6 nitrogen and oxygen atoms in total. The van der Waals surface area contributed by atoms with Gasteiger partial charge in [-0.2, -0.15) is 0 Å². The Hall–Kier alpha value is -2.34. The standard InChI is InChI=1S/C22H28N2O4/c1-4-14-12-24-10-9-22(17-7-5-6-8-18(17)23-21(22)26)19(24)11-15(14)16(13-27-2)20(25)28-3/h5-8,13-15,19H,4,9-12H2,1-3H3,(H,23,26)/t14-,15+,19+,22-/m1/s1. The zero-order valence-electron chi connectivity index (χ0n) is 16.7. The Balaban J connectivity index is 1.74. The number of benzene rings is 1. The summed E-state index contributed by atoms with van der Waals surface area (Å²) in [7, 11) is 2.95. The van der Waals surface area contributed by atoms with Crippen LogP contribution in [0.1, 0.15) is 31.7 Å². The van der Waals surface area contributed by atoms with Crippen molar-refractivity contribution in [1.29, 1.82) is 0 Å². The van der Waals surface area contributed by atoms with Gasteiger partial charge in [0.15, 0.2) is 0 Å². The first kappa shape index (κ1) is 19.0. The average Bonchev–Trinajstić information content (AvgIpc) is 3.23. The predicted octanol–water partition coefficient (Wildman–Crippen LogP) is 2.70. The predicted molar refractivity (Wildman–Crippen MR) is 106 cm³/mol. The number of hydrogen-bond donors (Lipinski definition) is 1. The summed E-state index contributed by atoms with van der Waals surface area (Å²) in [5, 5.41) is 3.10. The SMILES string of the molecule is CC[C@@H]1CN2CC[C@]3(C(=O)Nc4ccccc43)[C@@H]2C[C@@H]1C(=COC)C(=O)OC. The fraction of sp³-hybridized carbons (Fsp3) is 0.545. The molecule has 0 aromatic heterocycles. The lowest BCUT2D eigenvalue weighted by Gasteiger charge is -2.45. The van der Waals surface area contributed by atoms with Crippen LogP contribution in [0.4, 0.5) is 5.69 Å². The number of fused-ring (bicyclic) bond motifs is 4. The molecule has 2 saturated heterocycles. The molecule has 0 saturated carbocycles. The van der Waals surface area contributed by atoms with Crippen LogP contribution in [0.5, 0.6) is 0 Å². The first-order valence-electron chi connectivity index (χ1n) is 10.0. The minimum absolute atomic E-state index is 0.00851. The van der Waals surface area contributed by atoms with E-state index >= 15 is 0 Å². The maximum absolute atomic E-state index is 13.2. The molecule has 0 radical (unpaired) electrons. The summed E-state index contributed by atoms with van der Waals surface area (Å²) in [6.07, 6.45) is 4.04. The van der Waals surface area contributed by atoms with Crippen LogP contribution >= 0.6 is 0 Å². The fourth-order valence-electron chi connectivity index (χ4n) is 5.63. The van der Waals surface area contributed by atoms with Crippen LogP contribution in [0.25, 0.3) is 0 Å². The van der Waals surface area contributed by atoms with Crippen molar-refractivity contribution in [2.45, 2.75) is 37.6 Å². The first-order valence-corrected chi connectivity index (χ1v) is 10.0. The lowest BCUT2D eigenvalue weighted by molar-refractivity contribution is -0.137. The second-order valence-corrected chi connectivity index (χ2v) is 8.04. The van der Waals surface area contributed by atoms with E-state index in [1.165, 1.54) is 13.4 Å². The molecule has 6 heteroatoms. The van der Waals surface area contributed by atoms with Crippen molar-refractivity contribution in [1.82, 2.24) is 4.90 Å². The molecule has 4 atom stereocenters. The Morgan fingerprint density at radius 3 is 2.86 bits per heavy atom. The van der Waals surface area contributed by atoms with Gasteiger partial charge in [-0.3, -0.25) is 9.69 Å². The highest BCUT2D eigenvalue weighted by Gasteiger charge is 2.60. The lowest BCUT2D eigenvalue weighted by atomic mass is 9.67. The first-order chi connectivity index (χ1) is 13.6. The van der Waals surface area contributed by atoms with Crippen molar-refractivity contribution < 1.29 is 19.1 Å². The maximum Gasteiger partial charge on any atom is 0.337 e. The number of nitrogens with one attached hydrogen (secondary N) is 1. The molecular weight excluding hydrogens is 356 g/mol. The highest BCUT2D eigenvalue weighted by molar-refractivity contribution is 6.07. The van der Waals surface area contributed by atoms with Crippen molar-refractivity contribution in [2.75, 3.05) is 32.6 Å². The molecule has 0 unspecified atom stereocenters. The number of para-hydroxylation sites is 1. The molecule has 0 aliphatic carbocycles. The van der Waals surface area contributed by atoms with Gasteiger partial charge < -0.3 is 14.8 Å². The monoisotopic (exact) mass is 384 g/mol. The van der Waals surface area contributed by atoms with Gasteiger partial charge in [0.05, 0.1) is 31.5 Å². The van der Waals surface area contributed by atoms with Gasteiger partial charge in [-0.1, -0.05) is 31.5 Å². The van der Waals surface area contributed by atoms with Crippen LogP contribution in [-0.4, -0.2) is 50.1 Å². The minimum Gasteiger partial charge on any atom is -0.504 e. The van der Waals surface area contributed by atoms with E-state index in [0.29, 0.717) is 11.5 Å². The van der Waals surface area contributed by atoms with Crippen LogP contribution in [-0.2, 0) is 24.5 Å². The number of amides is 1. The van der Waals surface area contributed by atoms with E-state index < -0.39 is 5.41 Å². The average molecular weight is 384 g/mol. The number of methoxy groups -OCH3 is 2. The molecule has 1 aromatic carbocycles. The van der Waals surface area contributed by atoms with Gasteiger partial charge in [0.25, 0.3) is 0 Å². The summed E-state index contributed by atoms with van der Waals surface area (Å²) in [6.45, 7) is 3.93. The van der Waals surface area contributed by atoms with E-state index in [2.05, 4.69) is 23.2 Å². The van der Waals surface area contributed by atoms with Gasteiger partial charge >= 0.3 is 5.97 Å². The number of hydrogen-bond acceptors (Lipinski definition) is 5. The third-order valence-electron chi connectivity index (χ3n) is 6.97. The summed E-state index contributed by atoms with van der Waals surface area (Å²) in [4.78, 5) is 28.1. The number of piperidine rings is 1. The molecule has 1 spiro atoms. The fourth-order valence-corrected chi connectivity index (χ4v) is 5.63. The molecular formula is C22H28N2O4. The number of carbonyl (C=O) groups is 2. The summed E-state index contributed by atoms with van der Waals surface area (Å²) in [6, 6.07) is 8.07. The highest BCUT2D eigenvalue weighted by Crippen LogP contribution is 2.53. The van der Waals surface area contributed by atoms with E-state index in [1.807, 2.05) is 18.2 Å². The molecule has 3 aliphatic heterocycles. The topological polar surface area (TPSA) is 67.9 Å². The van der Waals surface area contributed by atoms with E-state index in [4.69, 9.17) is 9.47 Å². The molecule has 150 valence electrons. The number of nitrogens with zero attached hydrogens (tertiary/aromatic N) is 1. The quantitative estimate of drug-likeness (QED) is 0.491. The zero-order valence-corrected chi connectivity index (χ0v) is 16.7. The summed E-state index contributed by atoms with van der Waals surface area (Å²) >= 11 is 0. The Bertz CT molecular complexity index is 821. The van der Waals surface area contributed by atoms with E-state index in [-0.39, 0.29) is 23.8 Å². The third kappa shape index (κ3) is 2.65. The third-order valence-corrected chi connectivity index (χ3v) is 6.97. The van der Waals surface area contributed by atoms with E-state index in [0.717, 1.165) is 43.6 Å². The van der Waals surface area contributed by atoms with Crippen molar-refractivity contribution in [3.8, 4) is 0 Å². The van der Waals surface area contributed by atoms with Gasteiger partial charge in [-0.15, -0.1) is 0 Å². The van der Waals surface area contributed by atoms with Gasteiger partial charge in [-0.05, 0) is 42.9 Å². The molecule has 3 aliphatic rings. The Morgan fingerprint density at radius 1 is 1.36 bits per heavy atom. The Labute approximate surface area is 165 Å². The Kier molecular flexibility index (Phi) is 4.91. The number of ether oxygens (including phenoxy) is 2.